The highest BCUT2D eigenvalue weighted by atomic mass is 32.1. The third-order valence-corrected chi connectivity index (χ3v) is 7.44. The lowest BCUT2D eigenvalue weighted by atomic mass is 9.88. The Kier molecular flexibility index (Phi) is 5.30. The van der Waals surface area contributed by atoms with Crippen LogP contribution in [0.15, 0.2) is 35.5 Å². The zero-order valence-electron chi connectivity index (χ0n) is 18.0. The van der Waals surface area contributed by atoms with Crippen LogP contribution in [0.2, 0.25) is 0 Å². The number of piperidine rings is 1. The summed E-state index contributed by atoms with van der Waals surface area (Å²) in [5.74, 6) is 2.26. The van der Waals surface area contributed by atoms with Gasteiger partial charge in [0.25, 0.3) is 0 Å². The van der Waals surface area contributed by atoms with Crippen LogP contribution >= 0.6 is 11.3 Å². The van der Waals surface area contributed by atoms with Crippen LogP contribution in [0.5, 0.6) is 0 Å². The van der Waals surface area contributed by atoms with Gasteiger partial charge in [0.2, 0.25) is 5.56 Å². The summed E-state index contributed by atoms with van der Waals surface area (Å²) in [7, 11) is 0. The smallest absolute Gasteiger partial charge is 0.247 e. The Labute approximate surface area is 185 Å². The SMILES string of the molecule is CC(C)(F)Cc1cc2c(N3C[C@H]4CCN(Cc5ccc(=O)[nH]c5)C[C@H]4C3)ncnc2s1. The lowest BCUT2D eigenvalue weighted by molar-refractivity contribution is 0.142. The van der Waals surface area contributed by atoms with Crippen molar-refractivity contribution in [1.29, 1.82) is 0 Å². The fraction of sp³-hybridized carbons (Fsp3) is 0.522. The fourth-order valence-electron chi connectivity index (χ4n) is 5.01. The molecule has 31 heavy (non-hydrogen) atoms. The van der Waals surface area contributed by atoms with Crippen molar-refractivity contribution in [1.82, 2.24) is 19.9 Å². The van der Waals surface area contributed by atoms with E-state index in [1.165, 1.54) is 6.42 Å². The first-order valence-electron chi connectivity index (χ1n) is 10.9. The van der Waals surface area contributed by atoms with Gasteiger partial charge in [-0.05, 0) is 50.3 Å². The van der Waals surface area contributed by atoms with Crippen molar-refractivity contribution in [2.45, 2.75) is 38.9 Å². The Bertz CT molecular complexity index is 1120. The summed E-state index contributed by atoms with van der Waals surface area (Å²) in [6.07, 6.45) is 5.03. The van der Waals surface area contributed by atoms with E-state index in [1.807, 2.05) is 12.3 Å². The molecule has 0 amide bonds. The van der Waals surface area contributed by atoms with Crippen LogP contribution in [0.1, 0.15) is 30.7 Å². The number of nitrogens with zero attached hydrogens (tertiary/aromatic N) is 4. The summed E-state index contributed by atoms with van der Waals surface area (Å²) in [5.41, 5.74) is -0.143. The monoisotopic (exact) mass is 441 g/mol. The first kappa shape index (κ1) is 20.6. The number of H-pyrrole nitrogens is 1. The van der Waals surface area contributed by atoms with Gasteiger partial charge in [-0.2, -0.15) is 0 Å². The molecule has 0 aliphatic carbocycles. The molecule has 0 unspecified atom stereocenters. The van der Waals surface area contributed by atoms with Crippen LogP contribution in [-0.4, -0.2) is 51.7 Å². The number of rotatable bonds is 5. The van der Waals surface area contributed by atoms with E-state index in [9.17, 15) is 9.18 Å². The van der Waals surface area contributed by atoms with Crippen LogP contribution < -0.4 is 10.5 Å². The third-order valence-electron chi connectivity index (χ3n) is 6.39. The van der Waals surface area contributed by atoms with Gasteiger partial charge in [0.1, 0.15) is 22.6 Å². The van der Waals surface area contributed by atoms with Crippen molar-refractivity contribution < 1.29 is 4.39 Å². The van der Waals surface area contributed by atoms with E-state index in [-0.39, 0.29) is 5.56 Å². The third kappa shape index (κ3) is 4.50. The van der Waals surface area contributed by atoms with Crippen molar-refractivity contribution >= 4 is 27.4 Å². The highest BCUT2D eigenvalue weighted by Crippen LogP contribution is 2.38. The first-order valence-corrected chi connectivity index (χ1v) is 11.7. The molecule has 0 radical (unpaired) electrons. The molecule has 5 rings (SSSR count). The van der Waals surface area contributed by atoms with Crippen LogP contribution in [0.25, 0.3) is 10.2 Å². The van der Waals surface area contributed by atoms with E-state index in [0.29, 0.717) is 18.3 Å². The van der Waals surface area contributed by atoms with E-state index < -0.39 is 5.67 Å². The molecule has 2 aliphatic rings. The van der Waals surface area contributed by atoms with E-state index in [4.69, 9.17) is 0 Å². The second-order valence-corrected chi connectivity index (χ2v) is 10.6. The van der Waals surface area contributed by atoms with E-state index in [0.717, 1.165) is 59.2 Å². The molecule has 0 spiro atoms. The average Bonchev–Trinajstić information content (AvgIpc) is 3.31. The minimum atomic E-state index is -1.23. The maximum Gasteiger partial charge on any atom is 0.247 e. The van der Waals surface area contributed by atoms with Gasteiger partial charge in [0, 0.05) is 49.7 Å². The predicted octanol–water partition coefficient (Wildman–Crippen LogP) is 3.63. The number of alkyl halides is 1. The quantitative estimate of drug-likeness (QED) is 0.655. The maximum absolute atomic E-state index is 14.2. The van der Waals surface area contributed by atoms with Crippen LogP contribution in [0.4, 0.5) is 10.2 Å². The number of anilines is 1. The van der Waals surface area contributed by atoms with Crippen LogP contribution in [-0.2, 0) is 13.0 Å². The molecule has 0 bridgehead atoms. The topological polar surface area (TPSA) is 65.1 Å². The molecule has 3 aromatic rings. The zero-order valence-corrected chi connectivity index (χ0v) is 18.8. The first-order chi connectivity index (χ1) is 14.8. The molecule has 1 N–H and O–H groups in total. The number of aromatic amines is 1. The highest BCUT2D eigenvalue weighted by Gasteiger charge is 2.38. The molecular formula is C23H28FN5OS. The zero-order chi connectivity index (χ0) is 21.6. The maximum atomic E-state index is 14.2. The number of fused-ring (bicyclic) bond motifs is 2. The molecule has 0 aromatic carbocycles. The standard InChI is InChI=1S/C23H28FN5OS/c1-23(2,24)8-18-7-19-21(26-14-27-22(19)31-18)29-12-16-5-6-28(11-17(16)13-29)10-15-3-4-20(30)25-9-15/h3-4,7,9,14,16-17H,5-6,8,10-13H2,1-2H3,(H,25,30)/t16-,17+/m1/s1. The number of aromatic nitrogens is 3. The lowest BCUT2D eigenvalue weighted by Gasteiger charge is -2.34. The van der Waals surface area contributed by atoms with Gasteiger partial charge < -0.3 is 9.88 Å². The molecule has 2 atom stereocenters. The van der Waals surface area contributed by atoms with Gasteiger partial charge in [-0.3, -0.25) is 9.69 Å². The Hall–Kier alpha value is -2.32. The molecule has 2 aliphatic heterocycles. The van der Waals surface area contributed by atoms with Gasteiger partial charge >= 0.3 is 0 Å². The number of likely N-dealkylation sites (tertiary alicyclic amines) is 1. The molecule has 8 heteroatoms. The minimum Gasteiger partial charge on any atom is -0.355 e. The Balaban J connectivity index is 1.30. The summed E-state index contributed by atoms with van der Waals surface area (Å²) < 4.78 is 14.2. The van der Waals surface area contributed by atoms with Gasteiger partial charge in [-0.25, -0.2) is 14.4 Å². The summed E-state index contributed by atoms with van der Waals surface area (Å²) in [5, 5.41) is 1.05. The number of halogens is 1. The van der Waals surface area contributed by atoms with Crippen LogP contribution in [0.3, 0.4) is 0 Å². The molecular weight excluding hydrogens is 413 g/mol. The van der Waals surface area contributed by atoms with Crippen LogP contribution in [0, 0.1) is 11.8 Å². The molecule has 5 heterocycles. The summed E-state index contributed by atoms with van der Waals surface area (Å²) in [6.45, 7) is 8.23. The van der Waals surface area contributed by atoms with E-state index in [1.54, 1.807) is 37.6 Å². The van der Waals surface area contributed by atoms with Gasteiger partial charge in [0.15, 0.2) is 0 Å². The summed E-state index contributed by atoms with van der Waals surface area (Å²) in [4.78, 5) is 30.0. The van der Waals surface area contributed by atoms with Crippen molar-refractivity contribution in [3.63, 3.8) is 0 Å². The summed E-state index contributed by atoms with van der Waals surface area (Å²) in [6, 6.07) is 5.59. The average molecular weight is 442 g/mol. The van der Waals surface area contributed by atoms with Crippen molar-refractivity contribution in [2.75, 3.05) is 31.1 Å². The largest absolute Gasteiger partial charge is 0.355 e. The minimum absolute atomic E-state index is 0.0586. The number of nitrogens with one attached hydrogen (secondary N) is 1. The Morgan fingerprint density at radius 1 is 1.23 bits per heavy atom. The number of thiophene rings is 1. The van der Waals surface area contributed by atoms with E-state index >= 15 is 0 Å². The fourth-order valence-corrected chi connectivity index (χ4v) is 6.21. The van der Waals surface area contributed by atoms with Crippen molar-refractivity contribution in [3.05, 3.63) is 51.5 Å². The molecule has 2 fully saturated rings. The molecule has 3 aromatic heterocycles. The Morgan fingerprint density at radius 2 is 2.06 bits per heavy atom. The van der Waals surface area contributed by atoms with Gasteiger partial charge in [0.05, 0.1) is 5.39 Å². The second-order valence-electron chi connectivity index (χ2n) is 9.53. The second kappa shape index (κ2) is 7.98. The molecule has 0 saturated carbocycles. The molecule has 2 saturated heterocycles. The number of hydrogen-bond acceptors (Lipinski definition) is 6. The number of pyridine rings is 1. The molecule has 164 valence electrons. The normalized spacial score (nSPS) is 22.2. The van der Waals surface area contributed by atoms with E-state index in [2.05, 4.69) is 30.8 Å². The Morgan fingerprint density at radius 3 is 2.84 bits per heavy atom. The molecule has 6 nitrogen and oxygen atoms in total. The van der Waals surface area contributed by atoms with Gasteiger partial charge in [-0.1, -0.05) is 6.07 Å². The van der Waals surface area contributed by atoms with Crippen molar-refractivity contribution in [3.8, 4) is 0 Å². The summed E-state index contributed by atoms with van der Waals surface area (Å²) >= 11 is 1.57. The van der Waals surface area contributed by atoms with Crippen molar-refractivity contribution in [2.24, 2.45) is 11.8 Å². The predicted molar refractivity (Wildman–Crippen MR) is 122 cm³/mol. The highest BCUT2D eigenvalue weighted by molar-refractivity contribution is 7.18. The number of hydrogen-bond donors (Lipinski definition) is 1. The lowest BCUT2D eigenvalue weighted by Crippen LogP contribution is -2.39. The van der Waals surface area contributed by atoms with Gasteiger partial charge in [-0.15, -0.1) is 11.3 Å².